The number of pyridine rings is 1. The maximum Gasteiger partial charge on any atom is 0.255 e. The van der Waals surface area contributed by atoms with Crippen molar-refractivity contribution in [2.45, 2.75) is 20.8 Å². The number of amides is 1. The molecular formula is C15H25N5O. The Labute approximate surface area is 126 Å². The van der Waals surface area contributed by atoms with E-state index in [2.05, 4.69) is 15.1 Å². The summed E-state index contributed by atoms with van der Waals surface area (Å²) >= 11 is 0. The van der Waals surface area contributed by atoms with E-state index in [0.717, 1.165) is 18.0 Å². The molecule has 0 atom stereocenters. The van der Waals surface area contributed by atoms with Crippen LogP contribution in [0.15, 0.2) is 18.3 Å². The third-order valence-electron chi connectivity index (χ3n) is 3.05. The molecule has 2 heterocycles. The minimum absolute atomic E-state index is 0.0110. The van der Waals surface area contributed by atoms with Crippen molar-refractivity contribution in [2.75, 3.05) is 34.2 Å². The van der Waals surface area contributed by atoms with Crippen LogP contribution in [0.4, 0.5) is 0 Å². The van der Waals surface area contributed by atoms with Crippen molar-refractivity contribution in [3.8, 4) is 0 Å². The van der Waals surface area contributed by atoms with Gasteiger partial charge in [0.1, 0.15) is 5.82 Å². The van der Waals surface area contributed by atoms with Crippen LogP contribution >= 0.6 is 0 Å². The molecule has 0 radical (unpaired) electrons. The van der Waals surface area contributed by atoms with E-state index in [0.29, 0.717) is 12.1 Å². The van der Waals surface area contributed by atoms with E-state index in [-0.39, 0.29) is 5.91 Å². The zero-order valence-electron chi connectivity index (χ0n) is 13.8. The summed E-state index contributed by atoms with van der Waals surface area (Å²) in [5.41, 5.74) is 1.40. The third kappa shape index (κ3) is 4.26. The predicted octanol–water partition coefficient (Wildman–Crippen LogP) is 1.70. The molecule has 2 rings (SSSR count). The fraction of sp³-hybridized carbons (Fsp3) is 0.533. The van der Waals surface area contributed by atoms with Crippen molar-refractivity contribution in [1.82, 2.24) is 24.4 Å². The van der Waals surface area contributed by atoms with Crippen molar-refractivity contribution < 1.29 is 4.79 Å². The van der Waals surface area contributed by atoms with Crippen molar-refractivity contribution in [1.29, 1.82) is 0 Å². The highest BCUT2D eigenvalue weighted by atomic mass is 16.2. The SMILES string of the molecule is CC.Cc1nnc2ccc(C(=O)N(C)CCN(C)C)cn12. The van der Waals surface area contributed by atoms with E-state index in [4.69, 9.17) is 0 Å². The predicted molar refractivity (Wildman–Crippen MR) is 84.6 cm³/mol. The Bertz CT molecular complexity index is 591. The van der Waals surface area contributed by atoms with Crippen LogP contribution in [-0.4, -0.2) is 64.5 Å². The van der Waals surface area contributed by atoms with Crippen LogP contribution in [0, 0.1) is 6.92 Å². The van der Waals surface area contributed by atoms with E-state index in [1.807, 2.05) is 52.4 Å². The Balaban J connectivity index is 0.00000106. The second-order valence-electron chi connectivity index (χ2n) is 4.92. The van der Waals surface area contributed by atoms with Crippen molar-refractivity contribution >= 4 is 11.6 Å². The van der Waals surface area contributed by atoms with Crippen LogP contribution in [-0.2, 0) is 0 Å². The van der Waals surface area contributed by atoms with Gasteiger partial charge in [0.15, 0.2) is 5.65 Å². The van der Waals surface area contributed by atoms with Gasteiger partial charge in [-0.3, -0.25) is 9.20 Å². The lowest BCUT2D eigenvalue weighted by Gasteiger charge is -2.19. The number of likely N-dealkylation sites (N-methyl/N-ethyl adjacent to an activating group) is 2. The Morgan fingerprint density at radius 1 is 1.14 bits per heavy atom. The number of aromatic nitrogens is 3. The summed E-state index contributed by atoms with van der Waals surface area (Å²) < 4.78 is 1.83. The summed E-state index contributed by atoms with van der Waals surface area (Å²) in [6, 6.07) is 3.60. The van der Waals surface area contributed by atoms with Gasteiger partial charge in [-0.05, 0) is 33.2 Å². The fourth-order valence-electron chi connectivity index (χ4n) is 1.80. The number of carbonyl (C=O) groups is 1. The molecule has 116 valence electrons. The minimum Gasteiger partial charge on any atom is -0.340 e. The molecule has 0 aromatic carbocycles. The monoisotopic (exact) mass is 291 g/mol. The summed E-state index contributed by atoms with van der Waals surface area (Å²) in [5, 5.41) is 7.99. The average Bonchev–Trinajstić information content (AvgIpc) is 2.87. The Kier molecular flexibility index (Phi) is 6.30. The average molecular weight is 291 g/mol. The smallest absolute Gasteiger partial charge is 0.255 e. The van der Waals surface area contributed by atoms with E-state index in [1.54, 1.807) is 17.2 Å². The van der Waals surface area contributed by atoms with Gasteiger partial charge < -0.3 is 9.80 Å². The first kappa shape index (κ1) is 17.1. The molecule has 2 aromatic heterocycles. The second kappa shape index (κ2) is 7.73. The van der Waals surface area contributed by atoms with Crippen molar-refractivity contribution in [2.24, 2.45) is 0 Å². The van der Waals surface area contributed by atoms with Gasteiger partial charge >= 0.3 is 0 Å². The highest BCUT2D eigenvalue weighted by molar-refractivity contribution is 5.94. The molecule has 6 heteroatoms. The van der Waals surface area contributed by atoms with Gasteiger partial charge in [-0.25, -0.2) is 0 Å². The van der Waals surface area contributed by atoms with Crippen molar-refractivity contribution in [3.63, 3.8) is 0 Å². The van der Waals surface area contributed by atoms with E-state index in [9.17, 15) is 4.79 Å². The van der Waals surface area contributed by atoms with Crippen LogP contribution < -0.4 is 0 Å². The zero-order valence-corrected chi connectivity index (χ0v) is 13.8. The molecular weight excluding hydrogens is 266 g/mol. The summed E-state index contributed by atoms with van der Waals surface area (Å²) in [6.07, 6.45) is 1.79. The van der Waals surface area contributed by atoms with Gasteiger partial charge in [0.25, 0.3) is 5.91 Å². The van der Waals surface area contributed by atoms with Crippen LogP contribution in [0.5, 0.6) is 0 Å². The van der Waals surface area contributed by atoms with Crippen LogP contribution in [0.25, 0.3) is 5.65 Å². The quantitative estimate of drug-likeness (QED) is 0.860. The van der Waals surface area contributed by atoms with E-state index in [1.165, 1.54) is 0 Å². The molecule has 2 aromatic rings. The summed E-state index contributed by atoms with van der Waals surface area (Å²) in [6.45, 7) is 7.41. The first-order valence-electron chi connectivity index (χ1n) is 7.20. The number of fused-ring (bicyclic) bond motifs is 1. The van der Waals surface area contributed by atoms with Gasteiger partial charge in [0.05, 0.1) is 5.56 Å². The van der Waals surface area contributed by atoms with Crippen molar-refractivity contribution in [3.05, 3.63) is 29.7 Å². The Hall–Kier alpha value is -1.95. The van der Waals surface area contributed by atoms with Gasteiger partial charge in [-0.2, -0.15) is 0 Å². The maximum atomic E-state index is 12.3. The van der Waals surface area contributed by atoms with E-state index >= 15 is 0 Å². The molecule has 0 spiro atoms. The molecule has 0 bridgehead atoms. The van der Waals surface area contributed by atoms with Gasteiger partial charge in [0, 0.05) is 26.3 Å². The first-order chi connectivity index (χ1) is 9.99. The third-order valence-corrected chi connectivity index (χ3v) is 3.05. The fourth-order valence-corrected chi connectivity index (χ4v) is 1.80. The molecule has 0 saturated heterocycles. The first-order valence-corrected chi connectivity index (χ1v) is 7.20. The Morgan fingerprint density at radius 2 is 1.81 bits per heavy atom. The lowest BCUT2D eigenvalue weighted by atomic mass is 10.2. The summed E-state index contributed by atoms with van der Waals surface area (Å²) in [7, 11) is 5.80. The minimum atomic E-state index is 0.0110. The lowest BCUT2D eigenvalue weighted by Crippen LogP contribution is -2.33. The summed E-state index contributed by atoms with van der Waals surface area (Å²) in [4.78, 5) is 16.1. The molecule has 6 nitrogen and oxygen atoms in total. The molecule has 0 fully saturated rings. The topological polar surface area (TPSA) is 53.7 Å². The van der Waals surface area contributed by atoms with Gasteiger partial charge in [-0.15, -0.1) is 10.2 Å². The van der Waals surface area contributed by atoms with E-state index < -0.39 is 0 Å². The number of nitrogens with zero attached hydrogens (tertiary/aromatic N) is 5. The van der Waals surface area contributed by atoms with Crippen LogP contribution in [0.3, 0.4) is 0 Å². The number of aryl methyl sites for hydroxylation is 1. The Morgan fingerprint density at radius 3 is 2.43 bits per heavy atom. The van der Waals surface area contributed by atoms with Gasteiger partial charge in [0.2, 0.25) is 0 Å². The number of hydrogen-bond donors (Lipinski definition) is 0. The highest BCUT2D eigenvalue weighted by Crippen LogP contribution is 2.08. The lowest BCUT2D eigenvalue weighted by molar-refractivity contribution is 0.0786. The second-order valence-corrected chi connectivity index (χ2v) is 4.92. The molecule has 0 saturated carbocycles. The summed E-state index contributed by atoms with van der Waals surface area (Å²) in [5.74, 6) is 0.789. The van der Waals surface area contributed by atoms with Crippen LogP contribution in [0.1, 0.15) is 30.0 Å². The molecule has 0 aliphatic rings. The largest absolute Gasteiger partial charge is 0.340 e. The molecule has 0 unspecified atom stereocenters. The standard InChI is InChI=1S/C13H19N5O.C2H6/c1-10-14-15-12-6-5-11(9-18(10)12)13(19)17(4)8-7-16(2)3;1-2/h5-6,9H,7-8H2,1-4H3;1-2H3. The van der Waals surface area contributed by atoms with Crippen LogP contribution in [0.2, 0.25) is 0 Å². The normalized spacial score (nSPS) is 10.4. The molecule has 0 N–H and O–H groups in total. The molecule has 1 amide bonds. The highest BCUT2D eigenvalue weighted by Gasteiger charge is 2.13. The zero-order chi connectivity index (χ0) is 16.0. The maximum absolute atomic E-state index is 12.3. The number of hydrogen-bond acceptors (Lipinski definition) is 4. The molecule has 0 aliphatic heterocycles. The molecule has 21 heavy (non-hydrogen) atoms. The molecule has 0 aliphatic carbocycles. The number of rotatable bonds is 4. The number of carbonyl (C=O) groups excluding carboxylic acids is 1. The van der Waals surface area contributed by atoms with Gasteiger partial charge in [-0.1, -0.05) is 13.8 Å².